The number of likely N-dealkylation sites (N-methyl/N-ethyl adjacent to an activating group) is 1. The fourth-order valence-electron chi connectivity index (χ4n) is 1.68. The fraction of sp³-hybridized carbons (Fsp3) is 0.333. The highest BCUT2D eigenvalue weighted by Crippen LogP contribution is 2.09. The van der Waals surface area contributed by atoms with Crippen molar-refractivity contribution in [2.45, 2.75) is 6.92 Å². The molecule has 5 heteroatoms. The van der Waals surface area contributed by atoms with Crippen LogP contribution in [0.3, 0.4) is 0 Å². The molecule has 0 saturated heterocycles. The van der Waals surface area contributed by atoms with Gasteiger partial charge in [0.15, 0.2) is 0 Å². The predicted molar refractivity (Wildman–Crippen MR) is 74.3 cm³/mol. The summed E-state index contributed by atoms with van der Waals surface area (Å²) < 4.78 is 18.0. The highest BCUT2D eigenvalue weighted by atomic mass is 19.1. The summed E-state index contributed by atoms with van der Waals surface area (Å²) in [7, 11) is 2.88. The van der Waals surface area contributed by atoms with E-state index >= 15 is 0 Å². The summed E-state index contributed by atoms with van der Waals surface area (Å²) in [6.45, 7) is 1.92. The Balaban J connectivity index is 2.62. The molecule has 0 aliphatic heterocycles. The number of methoxy groups -OCH3 is 1. The van der Waals surface area contributed by atoms with Crippen molar-refractivity contribution in [3.8, 4) is 0 Å². The number of benzene rings is 1. The van der Waals surface area contributed by atoms with Gasteiger partial charge in [0.05, 0.1) is 13.0 Å². The lowest BCUT2D eigenvalue weighted by Gasteiger charge is -2.18. The Morgan fingerprint density at radius 2 is 2.05 bits per heavy atom. The first kappa shape index (κ1) is 15.9. The standard InChI is InChI=1S/C15H18FNO3/c1-11(15(19)20-3)10-17(2)14(18)9-8-12-6-4-5-7-13(12)16/h4-9,11H,10H2,1-3H3. The molecule has 0 aliphatic rings. The summed E-state index contributed by atoms with van der Waals surface area (Å²) in [6.07, 6.45) is 2.69. The van der Waals surface area contributed by atoms with Crippen LogP contribution in [-0.4, -0.2) is 37.5 Å². The van der Waals surface area contributed by atoms with Crippen molar-refractivity contribution in [1.29, 1.82) is 0 Å². The van der Waals surface area contributed by atoms with Crippen molar-refractivity contribution in [3.05, 3.63) is 41.7 Å². The van der Waals surface area contributed by atoms with E-state index in [1.54, 1.807) is 32.2 Å². The third kappa shape index (κ3) is 4.50. The Hall–Kier alpha value is -2.17. The van der Waals surface area contributed by atoms with Gasteiger partial charge in [-0.15, -0.1) is 0 Å². The van der Waals surface area contributed by atoms with Crippen LogP contribution in [-0.2, 0) is 14.3 Å². The number of halogens is 1. The third-order valence-electron chi connectivity index (χ3n) is 2.84. The van der Waals surface area contributed by atoms with E-state index in [0.717, 1.165) is 0 Å². The second kappa shape index (κ2) is 7.43. The Morgan fingerprint density at radius 3 is 2.65 bits per heavy atom. The largest absolute Gasteiger partial charge is 0.469 e. The van der Waals surface area contributed by atoms with Crippen molar-refractivity contribution in [2.24, 2.45) is 5.92 Å². The number of amides is 1. The topological polar surface area (TPSA) is 46.6 Å². The van der Waals surface area contributed by atoms with Gasteiger partial charge in [0.1, 0.15) is 5.82 Å². The van der Waals surface area contributed by atoms with Gasteiger partial charge in [-0.25, -0.2) is 4.39 Å². The summed E-state index contributed by atoms with van der Waals surface area (Å²) in [4.78, 5) is 24.5. The van der Waals surface area contributed by atoms with Crippen LogP contribution in [0.2, 0.25) is 0 Å². The second-order valence-electron chi connectivity index (χ2n) is 4.50. The van der Waals surface area contributed by atoms with Crippen molar-refractivity contribution in [1.82, 2.24) is 4.90 Å². The average Bonchev–Trinajstić information content (AvgIpc) is 2.44. The molecule has 1 aromatic carbocycles. The van der Waals surface area contributed by atoms with Crippen molar-refractivity contribution >= 4 is 18.0 Å². The smallest absolute Gasteiger partial charge is 0.310 e. The van der Waals surface area contributed by atoms with Crippen LogP contribution in [0.1, 0.15) is 12.5 Å². The zero-order chi connectivity index (χ0) is 15.1. The zero-order valence-corrected chi connectivity index (χ0v) is 11.8. The first-order chi connectivity index (χ1) is 9.45. The fourth-order valence-corrected chi connectivity index (χ4v) is 1.68. The predicted octanol–water partition coefficient (Wildman–Crippen LogP) is 2.11. The molecule has 1 rings (SSSR count). The summed E-state index contributed by atoms with van der Waals surface area (Å²) >= 11 is 0. The van der Waals surface area contributed by atoms with Gasteiger partial charge in [-0.1, -0.05) is 25.1 Å². The van der Waals surface area contributed by atoms with Gasteiger partial charge in [-0.2, -0.15) is 0 Å². The third-order valence-corrected chi connectivity index (χ3v) is 2.84. The van der Waals surface area contributed by atoms with E-state index < -0.39 is 5.92 Å². The molecule has 0 bridgehead atoms. The first-order valence-corrected chi connectivity index (χ1v) is 6.21. The Bertz CT molecular complexity index is 514. The van der Waals surface area contributed by atoms with Crippen molar-refractivity contribution in [3.63, 3.8) is 0 Å². The lowest BCUT2D eigenvalue weighted by molar-refractivity contribution is -0.145. The van der Waals surface area contributed by atoms with Gasteiger partial charge in [-0.3, -0.25) is 9.59 Å². The Kier molecular flexibility index (Phi) is 5.90. The van der Waals surface area contributed by atoms with Gasteiger partial charge in [0.25, 0.3) is 0 Å². The zero-order valence-electron chi connectivity index (χ0n) is 11.8. The number of hydrogen-bond donors (Lipinski definition) is 0. The molecule has 0 aliphatic carbocycles. The highest BCUT2D eigenvalue weighted by Gasteiger charge is 2.17. The van der Waals surface area contributed by atoms with Crippen molar-refractivity contribution < 1.29 is 18.7 Å². The molecule has 0 saturated carbocycles. The maximum atomic E-state index is 13.4. The number of hydrogen-bond acceptors (Lipinski definition) is 3. The minimum Gasteiger partial charge on any atom is -0.469 e. The molecule has 1 atom stereocenters. The summed E-state index contributed by atoms with van der Waals surface area (Å²) in [5, 5.41) is 0. The number of esters is 1. The summed E-state index contributed by atoms with van der Waals surface area (Å²) in [5.41, 5.74) is 0.343. The molecule has 20 heavy (non-hydrogen) atoms. The number of carbonyl (C=O) groups excluding carboxylic acids is 2. The maximum absolute atomic E-state index is 13.4. The molecule has 1 amide bonds. The van der Waals surface area contributed by atoms with Crippen LogP contribution >= 0.6 is 0 Å². The van der Waals surface area contributed by atoms with E-state index in [1.807, 2.05) is 0 Å². The molecule has 0 spiro atoms. The maximum Gasteiger partial charge on any atom is 0.310 e. The average molecular weight is 279 g/mol. The lowest BCUT2D eigenvalue weighted by Crippen LogP contribution is -2.33. The van der Waals surface area contributed by atoms with Crippen LogP contribution in [0, 0.1) is 11.7 Å². The van der Waals surface area contributed by atoms with Crippen LogP contribution in [0.5, 0.6) is 0 Å². The van der Waals surface area contributed by atoms with Crippen molar-refractivity contribution in [2.75, 3.05) is 20.7 Å². The quantitative estimate of drug-likeness (QED) is 0.612. The lowest BCUT2D eigenvalue weighted by atomic mass is 10.1. The number of rotatable bonds is 5. The van der Waals surface area contributed by atoms with Crippen LogP contribution < -0.4 is 0 Å². The molecule has 108 valence electrons. The monoisotopic (exact) mass is 279 g/mol. The summed E-state index contributed by atoms with van der Waals surface area (Å²) in [5.74, 6) is -1.47. The highest BCUT2D eigenvalue weighted by molar-refractivity contribution is 5.91. The molecule has 0 radical (unpaired) electrons. The molecule has 4 nitrogen and oxygen atoms in total. The second-order valence-corrected chi connectivity index (χ2v) is 4.50. The first-order valence-electron chi connectivity index (χ1n) is 6.21. The van der Waals surface area contributed by atoms with Gasteiger partial charge in [0, 0.05) is 25.2 Å². The van der Waals surface area contributed by atoms with E-state index in [4.69, 9.17) is 0 Å². The number of carbonyl (C=O) groups is 2. The molecule has 0 aromatic heterocycles. The van der Waals surface area contributed by atoms with Crippen LogP contribution in [0.4, 0.5) is 4.39 Å². The Morgan fingerprint density at radius 1 is 1.40 bits per heavy atom. The minimum atomic E-state index is -0.407. The Labute approximate surface area is 117 Å². The van der Waals surface area contributed by atoms with Gasteiger partial charge < -0.3 is 9.64 Å². The number of nitrogens with zero attached hydrogens (tertiary/aromatic N) is 1. The van der Waals surface area contributed by atoms with Crippen LogP contribution in [0.15, 0.2) is 30.3 Å². The summed E-state index contributed by atoms with van der Waals surface area (Å²) in [6, 6.07) is 6.18. The molecular formula is C15H18FNO3. The molecule has 0 N–H and O–H groups in total. The van der Waals surface area contributed by atoms with E-state index in [2.05, 4.69) is 4.74 Å². The van der Waals surface area contributed by atoms with Gasteiger partial charge in [-0.05, 0) is 12.1 Å². The SMILES string of the molecule is COC(=O)C(C)CN(C)C(=O)C=Cc1ccccc1F. The minimum absolute atomic E-state index is 0.243. The number of ether oxygens (including phenoxy) is 1. The van der Waals surface area contributed by atoms with Crippen LogP contribution in [0.25, 0.3) is 6.08 Å². The van der Waals surface area contributed by atoms with E-state index in [0.29, 0.717) is 5.56 Å². The molecule has 1 aromatic rings. The van der Waals surface area contributed by atoms with Gasteiger partial charge in [0.2, 0.25) is 5.91 Å². The molecule has 0 heterocycles. The van der Waals surface area contributed by atoms with E-state index in [-0.39, 0.29) is 24.2 Å². The van der Waals surface area contributed by atoms with Gasteiger partial charge >= 0.3 is 5.97 Å². The molecule has 0 fully saturated rings. The molecular weight excluding hydrogens is 261 g/mol. The normalized spacial score (nSPS) is 12.2. The van der Waals surface area contributed by atoms with E-state index in [9.17, 15) is 14.0 Å². The molecule has 1 unspecified atom stereocenters. The van der Waals surface area contributed by atoms with E-state index in [1.165, 1.54) is 30.2 Å².